The maximum absolute atomic E-state index is 12.0. The molecule has 2 unspecified atom stereocenters. The topological polar surface area (TPSA) is 54.5 Å². The van der Waals surface area contributed by atoms with Crippen molar-refractivity contribution in [2.75, 3.05) is 26.2 Å². The standard InChI is InChI=1S/C14H18ClN3O2/c15-13-7-16-4-3-12(13)14(19)17-6-11-8-18-5-1-2-10(18)9-20-11/h3-4,7,10-11H,1-2,5-6,8-9H2,(H,17,19). The van der Waals surface area contributed by atoms with Crippen molar-refractivity contribution in [2.45, 2.75) is 25.0 Å². The van der Waals surface area contributed by atoms with Crippen molar-refractivity contribution in [1.29, 1.82) is 0 Å². The summed E-state index contributed by atoms with van der Waals surface area (Å²) in [4.78, 5) is 18.4. The van der Waals surface area contributed by atoms with E-state index in [1.54, 1.807) is 12.3 Å². The van der Waals surface area contributed by atoms with Crippen LogP contribution in [0, 0.1) is 0 Å². The van der Waals surface area contributed by atoms with Gasteiger partial charge in [-0.25, -0.2) is 0 Å². The van der Waals surface area contributed by atoms with Crippen LogP contribution in [0.15, 0.2) is 18.5 Å². The van der Waals surface area contributed by atoms with Crippen LogP contribution in [0.4, 0.5) is 0 Å². The number of carbonyl (C=O) groups is 1. The first-order valence-electron chi connectivity index (χ1n) is 6.97. The lowest BCUT2D eigenvalue weighted by molar-refractivity contribution is -0.0461. The van der Waals surface area contributed by atoms with Crippen LogP contribution in [-0.2, 0) is 4.74 Å². The van der Waals surface area contributed by atoms with E-state index in [1.165, 1.54) is 19.0 Å². The number of aromatic nitrogens is 1. The molecule has 1 aromatic rings. The second kappa shape index (κ2) is 6.08. The number of ether oxygens (including phenoxy) is 1. The third-order valence-electron chi connectivity index (χ3n) is 3.97. The minimum atomic E-state index is -0.176. The van der Waals surface area contributed by atoms with E-state index >= 15 is 0 Å². The monoisotopic (exact) mass is 295 g/mol. The van der Waals surface area contributed by atoms with Gasteiger partial charge >= 0.3 is 0 Å². The zero-order valence-corrected chi connectivity index (χ0v) is 12.0. The van der Waals surface area contributed by atoms with Crippen molar-refractivity contribution in [3.05, 3.63) is 29.0 Å². The summed E-state index contributed by atoms with van der Waals surface area (Å²) in [6.45, 7) is 3.33. The zero-order valence-electron chi connectivity index (χ0n) is 11.2. The molecule has 3 rings (SSSR count). The first-order valence-corrected chi connectivity index (χ1v) is 7.35. The molecule has 0 radical (unpaired) electrons. The molecular formula is C14H18ClN3O2. The predicted molar refractivity (Wildman–Crippen MR) is 75.9 cm³/mol. The highest BCUT2D eigenvalue weighted by Gasteiger charge is 2.32. The van der Waals surface area contributed by atoms with Gasteiger partial charge in [-0.2, -0.15) is 0 Å². The van der Waals surface area contributed by atoms with Crippen LogP contribution in [-0.4, -0.2) is 54.2 Å². The molecule has 3 heterocycles. The summed E-state index contributed by atoms with van der Waals surface area (Å²) in [5.41, 5.74) is 0.455. The third kappa shape index (κ3) is 2.95. The highest BCUT2D eigenvalue weighted by Crippen LogP contribution is 2.22. The van der Waals surface area contributed by atoms with Gasteiger partial charge in [0.2, 0.25) is 0 Å². The third-order valence-corrected chi connectivity index (χ3v) is 4.27. The molecule has 1 N–H and O–H groups in total. The molecule has 0 saturated carbocycles. The van der Waals surface area contributed by atoms with Crippen LogP contribution in [0.25, 0.3) is 0 Å². The number of nitrogens with one attached hydrogen (secondary N) is 1. The van der Waals surface area contributed by atoms with Crippen LogP contribution < -0.4 is 5.32 Å². The molecule has 5 nitrogen and oxygen atoms in total. The lowest BCUT2D eigenvalue weighted by atomic mass is 10.2. The summed E-state index contributed by atoms with van der Waals surface area (Å²) in [5, 5.41) is 3.26. The molecule has 0 spiro atoms. The SMILES string of the molecule is O=C(NCC1CN2CCCC2CO1)c1ccncc1Cl. The Morgan fingerprint density at radius 2 is 2.50 bits per heavy atom. The molecule has 2 atom stereocenters. The van der Waals surface area contributed by atoms with Gasteiger partial charge in [-0.3, -0.25) is 14.7 Å². The summed E-state index contributed by atoms with van der Waals surface area (Å²) in [6, 6.07) is 2.20. The molecule has 0 aromatic carbocycles. The molecular weight excluding hydrogens is 278 g/mol. The molecule has 108 valence electrons. The van der Waals surface area contributed by atoms with Gasteiger partial charge in [0.15, 0.2) is 0 Å². The summed E-state index contributed by atoms with van der Waals surface area (Å²) in [5.74, 6) is -0.176. The minimum Gasteiger partial charge on any atom is -0.373 e. The lowest BCUT2D eigenvalue weighted by Crippen LogP contribution is -2.50. The molecule has 2 saturated heterocycles. The molecule has 1 amide bonds. The summed E-state index contributed by atoms with van der Waals surface area (Å²) >= 11 is 5.95. The van der Waals surface area contributed by atoms with Crippen LogP contribution >= 0.6 is 11.6 Å². The van der Waals surface area contributed by atoms with Gasteiger partial charge in [0.25, 0.3) is 5.91 Å². The Morgan fingerprint density at radius 3 is 3.35 bits per heavy atom. The van der Waals surface area contributed by atoms with Gasteiger partial charge in [-0.1, -0.05) is 11.6 Å². The molecule has 20 heavy (non-hydrogen) atoms. The number of carbonyl (C=O) groups excluding carboxylic acids is 1. The minimum absolute atomic E-state index is 0.0638. The Balaban J connectivity index is 1.52. The van der Waals surface area contributed by atoms with E-state index in [9.17, 15) is 4.79 Å². The Hall–Kier alpha value is -1.17. The average molecular weight is 296 g/mol. The predicted octanol–water partition coefficient (Wildman–Crippen LogP) is 1.33. The largest absolute Gasteiger partial charge is 0.373 e. The molecule has 2 aliphatic rings. The lowest BCUT2D eigenvalue weighted by Gasteiger charge is -2.35. The van der Waals surface area contributed by atoms with Gasteiger partial charge < -0.3 is 10.1 Å². The van der Waals surface area contributed by atoms with Crippen LogP contribution in [0.1, 0.15) is 23.2 Å². The van der Waals surface area contributed by atoms with Crippen LogP contribution in [0.5, 0.6) is 0 Å². The summed E-state index contributed by atoms with van der Waals surface area (Å²) in [6.07, 6.45) is 5.58. The van der Waals surface area contributed by atoms with Crippen molar-refractivity contribution < 1.29 is 9.53 Å². The molecule has 0 bridgehead atoms. The molecule has 2 fully saturated rings. The van der Waals surface area contributed by atoms with Crippen molar-refractivity contribution in [3.63, 3.8) is 0 Å². The fourth-order valence-electron chi connectivity index (χ4n) is 2.87. The smallest absolute Gasteiger partial charge is 0.253 e. The van der Waals surface area contributed by atoms with E-state index in [1.807, 2.05) is 0 Å². The number of amides is 1. The number of hydrogen-bond donors (Lipinski definition) is 1. The van der Waals surface area contributed by atoms with Gasteiger partial charge in [-0.05, 0) is 25.5 Å². The van der Waals surface area contributed by atoms with Gasteiger partial charge in [-0.15, -0.1) is 0 Å². The van der Waals surface area contributed by atoms with Gasteiger partial charge in [0.05, 0.1) is 23.3 Å². The summed E-state index contributed by atoms with van der Waals surface area (Å²) < 4.78 is 5.81. The van der Waals surface area contributed by atoms with E-state index in [2.05, 4.69) is 15.2 Å². The molecule has 1 aromatic heterocycles. The van der Waals surface area contributed by atoms with Crippen LogP contribution in [0.3, 0.4) is 0 Å². The summed E-state index contributed by atoms with van der Waals surface area (Å²) in [7, 11) is 0. The van der Waals surface area contributed by atoms with Gasteiger partial charge in [0, 0.05) is 31.5 Å². The van der Waals surface area contributed by atoms with Crippen molar-refractivity contribution in [2.24, 2.45) is 0 Å². The van der Waals surface area contributed by atoms with E-state index in [0.29, 0.717) is 23.2 Å². The quantitative estimate of drug-likeness (QED) is 0.914. The number of fused-ring (bicyclic) bond motifs is 1. The number of pyridine rings is 1. The second-order valence-corrected chi connectivity index (χ2v) is 5.72. The first-order chi connectivity index (χ1) is 9.74. The van der Waals surface area contributed by atoms with E-state index in [4.69, 9.17) is 16.3 Å². The maximum Gasteiger partial charge on any atom is 0.253 e. The Morgan fingerprint density at radius 1 is 1.60 bits per heavy atom. The van der Waals surface area contributed by atoms with Crippen molar-refractivity contribution in [3.8, 4) is 0 Å². The number of morpholine rings is 1. The first kappa shape index (κ1) is 13.8. The van der Waals surface area contributed by atoms with E-state index in [0.717, 1.165) is 19.7 Å². The maximum atomic E-state index is 12.0. The number of hydrogen-bond acceptors (Lipinski definition) is 4. The van der Waals surface area contributed by atoms with Gasteiger partial charge in [0.1, 0.15) is 0 Å². The molecule has 2 aliphatic heterocycles. The highest BCUT2D eigenvalue weighted by atomic mass is 35.5. The van der Waals surface area contributed by atoms with E-state index in [-0.39, 0.29) is 12.0 Å². The fourth-order valence-corrected chi connectivity index (χ4v) is 3.08. The normalized spacial score (nSPS) is 26.2. The van der Waals surface area contributed by atoms with Crippen molar-refractivity contribution >= 4 is 17.5 Å². The molecule has 0 aliphatic carbocycles. The second-order valence-electron chi connectivity index (χ2n) is 5.31. The fraction of sp³-hybridized carbons (Fsp3) is 0.571. The highest BCUT2D eigenvalue weighted by molar-refractivity contribution is 6.33. The zero-order chi connectivity index (χ0) is 13.9. The number of nitrogens with zero attached hydrogens (tertiary/aromatic N) is 2. The Labute approximate surface area is 123 Å². The Bertz CT molecular complexity index is 497. The number of rotatable bonds is 3. The van der Waals surface area contributed by atoms with Crippen LogP contribution in [0.2, 0.25) is 5.02 Å². The molecule has 6 heteroatoms. The Kier molecular flexibility index (Phi) is 4.19. The van der Waals surface area contributed by atoms with E-state index < -0.39 is 0 Å². The van der Waals surface area contributed by atoms with Crippen molar-refractivity contribution in [1.82, 2.24) is 15.2 Å². The average Bonchev–Trinajstić information content (AvgIpc) is 2.92. The number of halogens is 1.